The summed E-state index contributed by atoms with van der Waals surface area (Å²) in [4.78, 5) is 23.9. The number of hydrogen-bond donors (Lipinski definition) is 1. The average Bonchev–Trinajstić information content (AvgIpc) is 2.61. The van der Waals surface area contributed by atoms with Crippen LogP contribution in [0.5, 0.6) is 5.75 Å². The molecule has 2 rings (SSSR count). The highest BCUT2D eigenvalue weighted by atomic mass is 32.2. The molecule has 0 saturated carbocycles. The highest BCUT2D eigenvalue weighted by Crippen LogP contribution is 2.20. The summed E-state index contributed by atoms with van der Waals surface area (Å²) in [5.41, 5.74) is 0.965. The zero-order chi connectivity index (χ0) is 22.5. The molecule has 2 aromatic rings. The monoisotopic (exact) mass is 433 g/mol. The summed E-state index contributed by atoms with van der Waals surface area (Å²) in [5, 5.41) is 2.59. The van der Waals surface area contributed by atoms with E-state index in [2.05, 4.69) is 5.32 Å². The predicted octanol–water partition coefficient (Wildman–Crippen LogP) is 3.15. The van der Waals surface area contributed by atoms with Crippen molar-refractivity contribution in [2.24, 2.45) is 0 Å². The number of benzene rings is 2. The molecule has 0 unspecified atom stereocenters. The second kappa shape index (κ2) is 9.30. The molecule has 0 heterocycles. The number of ether oxygens (including phenoxy) is 1. The van der Waals surface area contributed by atoms with Crippen LogP contribution < -0.4 is 9.50 Å². The lowest BCUT2D eigenvalue weighted by molar-refractivity contribution is -0.158. The summed E-state index contributed by atoms with van der Waals surface area (Å²) in [7, 11) is -3.95. The fraction of sp³-hybridized carbons (Fsp3) is 0.364. The van der Waals surface area contributed by atoms with Crippen LogP contribution in [0.4, 0.5) is 0 Å². The SMILES string of the molecule is CC(=O)N[C@@H](Cc1ccc(OS(=O)(=O)c2ccc(C)cc2)cc1)C(=O)OC(C)(C)C. The lowest BCUT2D eigenvalue weighted by Gasteiger charge is -2.24. The fourth-order valence-electron chi connectivity index (χ4n) is 2.61. The second-order valence-corrected chi connectivity index (χ2v) is 9.53. The van der Waals surface area contributed by atoms with Gasteiger partial charge < -0.3 is 14.2 Å². The predicted molar refractivity (Wildman–Crippen MR) is 113 cm³/mol. The zero-order valence-electron chi connectivity index (χ0n) is 17.8. The van der Waals surface area contributed by atoms with Gasteiger partial charge in [-0.2, -0.15) is 8.42 Å². The molecule has 0 bridgehead atoms. The molecule has 0 fully saturated rings. The van der Waals surface area contributed by atoms with Crippen molar-refractivity contribution in [2.45, 2.75) is 57.6 Å². The number of esters is 1. The van der Waals surface area contributed by atoms with Crippen molar-refractivity contribution in [3.8, 4) is 5.75 Å². The van der Waals surface area contributed by atoms with Crippen LogP contribution in [0.15, 0.2) is 53.4 Å². The number of nitrogens with one attached hydrogen (secondary N) is 1. The van der Waals surface area contributed by atoms with Gasteiger partial charge in [-0.15, -0.1) is 0 Å². The van der Waals surface area contributed by atoms with Gasteiger partial charge in [-0.25, -0.2) is 4.79 Å². The Morgan fingerprint density at radius 1 is 1.00 bits per heavy atom. The van der Waals surface area contributed by atoms with Crippen LogP contribution >= 0.6 is 0 Å². The zero-order valence-corrected chi connectivity index (χ0v) is 18.6. The maximum Gasteiger partial charge on any atom is 0.339 e. The van der Waals surface area contributed by atoms with Crippen molar-refractivity contribution in [1.29, 1.82) is 0 Å². The van der Waals surface area contributed by atoms with E-state index >= 15 is 0 Å². The quantitative estimate of drug-likeness (QED) is 0.532. The van der Waals surface area contributed by atoms with Crippen molar-refractivity contribution >= 4 is 22.0 Å². The molecule has 162 valence electrons. The first-order valence-electron chi connectivity index (χ1n) is 9.46. The van der Waals surface area contributed by atoms with E-state index in [-0.39, 0.29) is 23.0 Å². The smallest absolute Gasteiger partial charge is 0.339 e. The number of amides is 1. The van der Waals surface area contributed by atoms with Gasteiger partial charge in [0.1, 0.15) is 22.3 Å². The van der Waals surface area contributed by atoms with E-state index in [0.29, 0.717) is 5.56 Å². The van der Waals surface area contributed by atoms with Crippen LogP contribution in [0.1, 0.15) is 38.8 Å². The largest absolute Gasteiger partial charge is 0.458 e. The van der Waals surface area contributed by atoms with E-state index in [1.807, 2.05) is 6.92 Å². The van der Waals surface area contributed by atoms with Crippen LogP contribution in [-0.2, 0) is 30.9 Å². The van der Waals surface area contributed by atoms with Crippen LogP contribution in [0.25, 0.3) is 0 Å². The molecular weight excluding hydrogens is 406 g/mol. The molecule has 0 aliphatic rings. The second-order valence-electron chi connectivity index (χ2n) is 7.99. The topological polar surface area (TPSA) is 98.8 Å². The summed E-state index contributed by atoms with van der Waals surface area (Å²) in [6.07, 6.45) is 0.194. The molecular formula is C22H27NO6S. The van der Waals surface area contributed by atoms with Crippen molar-refractivity contribution in [1.82, 2.24) is 5.32 Å². The molecule has 30 heavy (non-hydrogen) atoms. The summed E-state index contributed by atoms with van der Waals surface area (Å²) in [5.74, 6) is -0.748. The van der Waals surface area contributed by atoms with Gasteiger partial charge in [-0.3, -0.25) is 4.79 Å². The summed E-state index contributed by atoms with van der Waals surface area (Å²) < 4.78 is 35.3. The van der Waals surface area contributed by atoms with Gasteiger partial charge in [0.15, 0.2) is 0 Å². The summed E-state index contributed by atoms with van der Waals surface area (Å²) >= 11 is 0. The molecule has 0 aliphatic heterocycles. The molecule has 1 atom stereocenters. The van der Waals surface area contributed by atoms with Gasteiger partial charge in [0, 0.05) is 13.3 Å². The standard InChI is InChI=1S/C22H27NO6S/c1-15-6-12-19(13-7-15)30(26,27)29-18-10-8-17(9-11-18)14-20(23-16(2)24)21(25)28-22(3,4)5/h6-13,20H,14H2,1-5H3,(H,23,24)/t20-/m0/s1. The third-order valence-electron chi connectivity index (χ3n) is 3.95. The molecule has 0 spiro atoms. The minimum atomic E-state index is -3.95. The van der Waals surface area contributed by atoms with Crippen LogP contribution in [-0.4, -0.2) is 31.9 Å². The Labute approximate surface area is 177 Å². The average molecular weight is 434 g/mol. The molecule has 2 aromatic carbocycles. The minimum absolute atomic E-state index is 0.0628. The van der Waals surface area contributed by atoms with Gasteiger partial charge in [-0.05, 0) is 57.5 Å². The maximum absolute atomic E-state index is 12.4. The van der Waals surface area contributed by atoms with E-state index in [0.717, 1.165) is 5.56 Å². The molecule has 8 heteroatoms. The number of aryl methyl sites for hydroxylation is 1. The molecule has 1 N–H and O–H groups in total. The molecule has 0 radical (unpaired) electrons. The van der Waals surface area contributed by atoms with E-state index in [1.54, 1.807) is 45.0 Å². The van der Waals surface area contributed by atoms with E-state index in [4.69, 9.17) is 8.92 Å². The molecule has 0 aliphatic carbocycles. The molecule has 1 amide bonds. The van der Waals surface area contributed by atoms with E-state index < -0.39 is 27.7 Å². The Hall–Kier alpha value is -2.87. The maximum atomic E-state index is 12.4. The van der Waals surface area contributed by atoms with Crippen molar-refractivity contribution < 1.29 is 26.9 Å². The first-order valence-corrected chi connectivity index (χ1v) is 10.9. The molecule has 0 aromatic heterocycles. The summed E-state index contributed by atoms with van der Waals surface area (Å²) in [6, 6.07) is 11.8. The third kappa shape index (κ3) is 7.18. The van der Waals surface area contributed by atoms with Crippen molar-refractivity contribution in [2.75, 3.05) is 0 Å². The van der Waals surface area contributed by atoms with E-state index in [1.165, 1.54) is 31.2 Å². The van der Waals surface area contributed by atoms with Crippen LogP contribution in [0, 0.1) is 6.92 Å². The molecule has 0 saturated heterocycles. The number of carbonyl (C=O) groups is 2. The van der Waals surface area contributed by atoms with Crippen molar-refractivity contribution in [3.05, 3.63) is 59.7 Å². The number of rotatable bonds is 7. The van der Waals surface area contributed by atoms with E-state index in [9.17, 15) is 18.0 Å². The third-order valence-corrected chi connectivity index (χ3v) is 5.21. The Morgan fingerprint density at radius 2 is 1.57 bits per heavy atom. The number of hydrogen-bond acceptors (Lipinski definition) is 6. The van der Waals surface area contributed by atoms with Gasteiger partial charge in [-0.1, -0.05) is 29.8 Å². The molecule has 7 nitrogen and oxygen atoms in total. The Kier molecular flexibility index (Phi) is 7.25. The normalized spacial score (nSPS) is 12.7. The van der Waals surface area contributed by atoms with Gasteiger partial charge >= 0.3 is 16.1 Å². The lowest BCUT2D eigenvalue weighted by Crippen LogP contribution is -2.44. The first-order chi connectivity index (χ1) is 13.9. The Bertz CT molecular complexity index is 989. The minimum Gasteiger partial charge on any atom is -0.458 e. The number of carbonyl (C=O) groups excluding carboxylic acids is 2. The fourth-order valence-corrected chi connectivity index (χ4v) is 3.54. The first kappa shape index (κ1) is 23.4. The Morgan fingerprint density at radius 3 is 2.07 bits per heavy atom. The highest BCUT2D eigenvalue weighted by Gasteiger charge is 2.26. The van der Waals surface area contributed by atoms with Crippen LogP contribution in [0.3, 0.4) is 0 Å². The summed E-state index contributed by atoms with van der Waals surface area (Å²) in [6.45, 7) is 8.43. The lowest BCUT2D eigenvalue weighted by atomic mass is 10.1. The van der Waals surface area contributed by atoms with Gasteiger partial charge in [0.05, 0.1) is 0 Å². The Balaban J connectivity index is 2.12. The van der Waals surface area contributed by atoms with Gasteiger partial charge in [0.25, 0.3) is 0 Å². The highest BCUT2D eigenvalue weighted by molar-refractivity contribution is 7.87. The van der Waals surface area contributed by atoms with Crippen molar-refractivity contribution in [3.63, 3.8) is 0 Å². The van der Waals surface area contributed by atoms with Crippen LogP contribution in [0.2, 0.25) is 0 Å². The van der Waals surface area contributed by atoms with Gasteiger partial charge in [0.2, 0.25) is 5.91 Å².